The Hall–Kier alpha value is -4.13. The molecule has 2 aromatic heterocycles. The molecule has 1 saturated heterocycles. The molecule has 5 aromatic rings. The Balaban J connectivity index is 1.34. The summed E-state index contributed by atoms with van der Waals surface area (Å²) in [6.07, 6.45) is 2.21. The number of carbonyl (C=O) groups excluding carboxylic acids is 1. The molecule has 0 radical (unpaired) electrons. The molecule has 1 aliphatic rings. The minimum absolute atomic E-state index is 0.0136. The molecule has 6 nitrogen and oxygen atoms in total. The van der Waals surface area contributed by atoms with Gasteiger partial charge in [-0.15, -0.1) is 0 Å². The molecule has 0 spiro atoms. The summed E-state index contributed by atoms with van der Waals surface area (Å²) in [5.74, 6) is 0.786. The number of nitrogens with zero attached hydrogens (tertiary/aromatic N) is 4. The molecular formula is C34H33ClN4O2. The molecule has 0 unspecified atom stereocenters. The van der Waals surface area contributed by atoms with Crippen LogP contribution in [0, 0.1) is 13.8 Å². The lowest BCUT2D eigenvalue weighted by molar-refractivity contribution is 0.0627. The summed E-state index contributed by atoms with van der Waals surface area (Å²) in [5.41, 5.74) is 9.39. The predicted octanol–water partition coefficient (Wildman–Crippen LogP) is 6.91. The van der Waals surface area contributed by atoms with E-state index >= 15 is 0 Å². The third kappa shape index (κ3) is 5.45. The number of aryl methyl sites for hydroxylation is 2. The van der Waals surface area contributed by atoms with E-state index in [0.29, 0.717) is 30.2 Å². The number of ether oxygens (including phenoxy) is 1. The summed E-state index contributed by atoms with van der Waals surface area (Å²) in [5, 5.41) is 0.494. The first-order valence-corrected chi connectivity index (χ1v) is 14.3. The van der Waals surface area contributed by atoms with Gasteiger partial charge in [-0.3, -0.25) is 9.69 Å². The maximum Gasteiger partial charge on any atom is 0.255 e. The predicted molar refractivity (Wildman–Crippen MR) is 165 cm³/mol. The topological polar surface area (TPSA) is 50.1 Å². The van der Waals surface area contributed by atoms with Gasteiger partial charge in [0.25, 0.3) is 5.91 Å². The summed E-state index contributed by atoms with van der Waals surface area (Å²) in [6.45, 7) is 7.79. The number of aromatic nitrogens is 2. The Morgan fingerprint density at radius 2 is 1.71 bits per heavy atom. The largest absolute Gasteiger partial charge is 0.497 e. The van der Waals surface area contributed by atoms with E-state index in [1.165, 1.54) is 16.7 Å². The second kappa shape index (κ2) is 11.4. The maximum absolute atomic E-state index is 13.1. The smallest absolute Gasteiger partial charge is 0.255 e. The molecule has 6 rings (SSSR count). The van der Waals surface area contributed by atoms with Crippen LogP contribution >= 0.6 is 11.6 Å². The summed E-state index contributed by atoms with van der Waals surface area (Å²) in [4.78, 5) is 22.5. The molecule has 0 N–H and O–H groups in total. The van der Waals surface area contributed by atoms with Crippen LogP contribution in [0.1, 0.15) is 27.2 Å². The first kappa shape index (κ1) is 27.1. The standard InChI is InChI=1S/C34H33ClN4O2/c1-23-11-12-24(2)29(19-23)26-13-14-32-36-33(25-7-6-8-27(20-25)41-3)31(39(32)21-26)22-37-15-17-38(18-16-37)34(40)28-9-4-5-10-30(28)35/h4-14,19-21H,15-18,22H2,1-3H3. The molecular weight excluding hydrogens is 532 g/mol. The third-order valence-corrected chi connectivity index (χ3v) is 8.23. The zero-order chi connectivity index (χ0) is 28.5. The van der Waals surface area contributed by atoms with Crippen LogP contribution in [-0.4, -0.2) is 58.4 Å². The zero-order valence-electron chi connectivity index (χ0n) is 23.6. The first-order chi connectivity index (χ1) is 19.9. The number of rotatable bonds is 6. The Kier molecular flexibility index (Phi) is 7.52. The van der Waals surface area contributed by atoms with Crippen LogP contribution in [0.3, 0.4) is 0 Å². The molecule has 7 heteroatoms. The van der Waals surface area contributed by atoms with Crippen molar-refractivity contribution in [2.24, 2.45) is 0 Å². The third-order valence-electron chi connectivity index (χ3n) is 7.90. The lowest BCUT2D eigenvalue weighted by Crippen LogP contribution is -2.48. The molecule has 41 heavy (non-hydrogen) atoms. The number of amides is 1. The average molecular weight is 565 g/mol. The molecule has 1 aliphatic heterocycles. The number of fused-ring (bicyclic) bond motifs is 1. The van der Waals surface area contributed by atoms with Crippen LogP contribution in [0.5, 0.6) is 5.75 Å². The molecule has 0 bridgehead atoms. The molecule has 3 aromatic carbocycles. The fraction of sp³-hybridized carbons (Fsp3) is 0.235. The van der Waals surface area contributed by atoms with Crippen molar-refractivity contribution >= 4 is 23.2 Å². The highest BCUT2D eigenvalue weighted by Gasteiger charge is 2.25. The van der Waals surface area contributed by atoms with Gasteiger partial charge in [0.15, 0.2) is 0 Å². The van der Waals surface area contributed by atoms with Gasteiger partial charge in [0, 0.05) is 44.5 Å². The highest BCUT2D eigenvalue weighted by Crippen LogP contribution is 2.31. The van der Waals surface area contributed by atoms with Gasteiger partial charge >= 0.3 is 0 Å². The normalized spacial score (nSPS) is 14.0. The number of methoxy groups -OCH3 is 1. The van der Waals surface area contributed by atoms with Crippen LogP contribution in [0.4, 0.5) is 0 Å². The van der Waals surface area contributed by atoms with Crippen molar-refractivity contribution in [2.75, 3.05) is 33.3 Å². The van der Waals surface area contributed by atoms with E-state index in [-0.39, 0.29) is 5.91 Å². The summed E-state index contributed by atoms with van der Waals surface area (Å²) < 4.78 is 7.76. The van der Waals surface area contributed by atoms with E-state index in [2.05, 4.69) is 65.7 Å². The Morgan fingerprint density at radius 3 is 2.49 bits per heavy atom. The van der Waals surface area contributed by atoms with E-state index in [1.807, 2.05) is 35.2 Å². The van der Waals surface area contributed by atoms with E-state index < -0.39 is 0 Å². The van der Waals surface area contributed by atoms with Crippen LogP contribution < -0.4 is 4.74 Å². The summed E-state index contributed by atoms with van der Waals surface area (Å²) in [6, 6.07) is 26.2. The molecule has 208 valence electrons. The Morgan fingerprint density at radius 1 is 0.902 bits per heavy atom. The quantitative estimate of drug-likeness (QED) is 0.225. The SMILES string of the molecule is COc1cccc(-c2nc3ccc(-c4cc(C)ccc4C)cn3c2CN2CCN(C(=O)c3ccccc3Cl)CC2)c1. The molecule has 0 atom stereocenters. The fourth-order valence-corrected chi connectivity index (χ4v) is 5.79. The second-order valence-corrected chi connectivity index (χ2v) is 11.1. The van der Waals surface area contributed by atoms with Crippen LogP contribution in [0.2, 0.25) is 5.02 Å². The number of halogens is 1. The lowest BCUT2D eigenvalue weighted by Gasteiger charge is -2.35. The number of imidazole rings is 1. The van der Waals surface area contributed by atoms with Gasteiger partial charge in [0.1, 0.15) is 11.4 Å². The first-order valence-electron chi connectivity index (χ1n) is 13.9. The van der Waals surface area contributed by atoms with Crippen molar-refractivity contribution < 1.29 is 9.53 Å². The molecule has 1 amide bonds. The van der Waals surface area contributed by atoms with E-state index in [1.54, 1.807) is 19.2 Å². The van der Waals surface area contributed by atoms with Crippen LogP contribution in [0.15, 0.2) is 85.1 Å². The number of piperazine rings is 1. The molecule has 0 saturated carbocycles. The van der Waals surface area contributed by atoms with Gasteiger partial charge in [-0.25, -0.2) is 4.98 Å². The fourth-order valence-electron chi connectivity index (χ4n) is 5.58. The number of benzene rings is 3. The average Bonchev–Trinajstić information content (AvgIpc) is 3.36. The van der Waals surface area contributed by atoms with Crippen LogP contribution in [0.25, 0.3) is 28.0 Å². The highest BCUT2D eigenvalue weighted by atomic mass is 35.5. The lowest BCUT2D eigenvalue weighted by atomic mass is 10.00. The van der Waals surface area contributed by atoms with Gasteiger partial charge in [-0.2, -0.15) is 0 Å². The minimum Gasteiger partial charge on any atom is -0.497 e. The summed E-state index contributed by atoms with van der Waals surface area (Å²) in [7, 11) is 1.68. The minimum atomic E-state index is -0.0136. The van der Waals surface area contributed by atoms with Gasteiger partial charge in [-0.05, 0) is 66.9 Å². The second-order valence-electron chi connectivity index (χ2n) is 10.7. The zero-order valence-corrected chi connectivity index (χ0v) is 24.4. The highest BCUT2D eigenvalue weighted by molar-refractivity contribution is 6.33. The van der Waals surface area contributed by atoms with Crippen molar-refractivity contribution in [1.29, 1.82) is 0 Å². The molecule has 1 fully saturated rings. The molecule has 3 heterocycles. The van der Waals surface area contributed by atoms with Crippen LogP contribution in [-0.2, 0) is 6.54 Å². The van der Waals surface area contributed by atoms with E-state index in [9.17, 15) is 4.79 Å². The summed E-state index contributed by atoms with van der Waals surface area (Å²) >= 11 is 6.31. The number of hydrogen-bond acceptors (Lipinski definition) is 4. The van der Waals surface area contributed by atoms with Crippen molar-refractivity contribution in [2.45, 2.75) is 20.4 Å². The van der Waals surface area contributed by atoms with Gasteiger partial charge in [-0.1, -0.05) is 59.6 Å². The van der Waals surface area contributed by atoms with E-state index in [4.69, 9.17) is 21.3 Å². The number of hydrogen-bond donors (Lipinski definition) is 0. The Labute approximate surface area is 245 Å². The van der Waals surface area contributed by atoms with Gasteiger partial charge < -0.3 is 14.0 Å². The number of pyridine rings is 1. The Bertz CT molecular complexity index is 1740. The van der Waals surface area contributed by atoms with Crippen molar-refractivity contribution in [3.8, 4) is 28.1 Å². The van der Waals surface area contributed by atoms with Crippen molar-refractivity contribution in [3.63, 3.8) is 0 Å². The maximum atomic E-state index is 13.1. The van der Waals surface area contributed by atoms with Crippen molar-refractivity contribution in [3.05, 3.63) is 112 Å². The van der Waals surface area contributed by atoms with E-state index in [0.717, 1.165) is 47.0 Å². The monoisotopic (exact) mass is 564 g/mol. The van der Waals surface area contributed by atoms with Crippen molar-refractivity contribution in [1.82, 2.24) is 19.2 Å². The molecule has 0 aliphatic carbocycles. The van der Waals surface area contributed by atoms with Gasteiger partial charge in [0.05, 0.1) is 29.1 Å². The number of carbonyl (C=O) groups is 1. The van der Waals surface area contributed by atoms with Gasteiger partial charge in [0.2, 0.25) is 0 Å².